The Kier molecular flexibility index (Phi) is 3.94. The number of aromatic nitrogens is 2. The maximum atomic E-state index is 12.8. The standard InChI is InChI=1S/C19H22N4O3/c1-22-16(13-6-3-2-4-7-13)15(10-20-22)21-18(26)23-11-14-8-5-9-19(14,12-23)17(24)25/h2-4,6-7,10,14H,5,8-9,11-12H2,1H3,(H,21,26)(H,24,25)/t14-,19+/m0/s1. The van der Waals surface area contributed by atoms with E-state index in [-0.39, 0.29) is 18.5 Å². The van der Waals surface area contributed by atoms with Crippen LogP contribution in [0.25, 0.3) is 11.3 Å². The molecule has 26 heavy (non-hydrogen) atoms. The zero-order valence-electron chi connectivity index (χ0n) is 14.7. The van der Waals surface area contributed by atoms with Crippen molar-refractivity contribution < 1.29 is 14.7 Å². The van der Waals surface area contributed by atoms with Gasteiger partial charge in [0.25, 0.3) is 0 Å². The minimum Gasteiger partial charge on any atom is -0.481 e. The molecule has 1 saturated heterocycles. The highest BCUT2D eigenvalue weighted by atomic mass is 16.4. The molecule has 136 valence electrons. The van der Waals surface area contributed by atoms with Crippen molar-refractivity contribution in [2.45, 2.75) is 19.3 Å². The van der Waals surface area contributed by atoms with E-state index >= 15 is 0 Å². The summed E-state index contributed by atoms with van der Waals surface area (Å²) in [7, 11) is 1.83. The van der Waals surface area contributed by atoms with Crippen molar-refractivity contribution in [2.75, 3.05) is 18.4 Å². The molecule has 1 aliphatic heterocycles. The molecule has 7 nitrogen and oxygen atoms in total. The molecule has 2 N–H and O–H groups in total. The minimum absolute atomic E-state index is 0.0493. The van der Waals surface area contributed by atoms with Crippen LogP contribution in [0.2, 0.25) is 0 Å². The van der Waals surface area contributed by atoms with Gasteiger partial charge < -0.3 is 15.3 Å². The third kappa shape index (κ3) is 2.55. The van der Waals surface area contributed by atoms with E-state index in [0.29, 0.717) is 18.7 Å². The van der Waals surface area contributed by atoms with Gasteiger partial charge in [0.05, 0.1) is 23.0 Å². The van der Waals surface area contributed by atoms with Crippen molar-refractivity contribution >= 4 is 17.7 Å². The smallest absolute Gasteiger partial charge is 0.321 e. The predicted octanol–water partition coefficient (Wildman–Crippen LogP) is 2.81. The topological polar surface area (TPSA) is 87.5 Å². The maximum absolute atomic E-state index is 12.8. The summed E-state index contributed by atoms with van der Waals surface area (Å²) < 4.78 is 1.72. The number of anilines is 1. The second-order valence-corrected chi connectivity index (χ2v) is 7.26. The highest BCUT2D eigenvalue weighted by Crippen LogP contribution is 2.49. The van der Waals surface area contributed by atoms with Crippen molar-refractivity contribution in [3.8, 4) is 11.3 Å². The number of carboxylic acid groups (broad SMARTS) is 1. The summed E-state index contributed by atoms with van der Waals surface area (Å²) >= 11 is 0. The highest BCUT2D eigenvalue weighted by Gasteiger charge is 2.55. The maximum Gasteiger partial charge on any atom is 0.321 e. The summed E-state index contributed by atoms with van der Waals surface area (Å²) in [5.41, 5.74) is 1.65. The zero-order chi connectivity index (χ0) is 18.3. The number of aliphatic carboxylic acids is 1. The number of carbonyl (C=O) groups excluding carboxylic acids is 1. The molecule has 0 unspecified atom stereocenters. The molecule has 1 aromatic carbocycles. The lowest BCUT2D eigenvalue weighted by Gasteiger charge is -2.23. The number of carbonyl (C=O) groups is 2. The molecule has 2 atom stereocenters. The van der Waals surface area contributed by atoms with Crippen LogP contribution in [0.15, 0.2) is 36.5 Å². The number of carboxylic acids is 1. The Bertz CT molecular complexity index is 848. The average Bonchev–Trinajstić information content (AvgIpc) is 3.28. The van der Waals surface area contributed by atoms with Gasteiger partial charge in [0.1, 0.15) is 0 Å². The van der Waals surface area contributed by atoms with Crippen LogP contribution in [0.5, 0.6) is 0 Å². The molecule has 2 heterocycles. The Labute approximate surface area is 151 Å². The normalized spacial score (nSPS) is 24.5. The van der Waals surface area contributed by atoms with Crippen LogP contribution in [0.1, 0.15) is 19.3 Å². The van der Waals surface area contributed by atoms with Gasteiger partial charge in [0, 0.05) is 25.7 Å². The highest BCUT2D eigenvalue weighted by molar-refractivity contribution is 5.94. The van der Waals surface area contributed by atoms with Gasteiger partial charge in [-0.15, -0.1) is 0 Å². The first-order valence-electron chi connectivity index (χ1n) is 8.88. The van der Waals surface area contributed by atoms with Crippen LogP contribution in [-0.4, -0.2) is 44.9 Å². The van der Waals surface area contributed by atoms with E-state index in [4.69, 9.17) is 0 Å². The summed E-state index contributed by atoms with van der Waals surface area (Å²) in [5.74, 6) is -0.727. The van der Waals surface area contributed by atoms with Crippen LogP contribution in [0.4, 0.5) is 10.5 Å². The van der Waals surface area contributed by atoms with Crippen molar-refractivity contribution in [3.05, 3.63) is 36.5 Å². The fourth-order valence-electron chi connectivity index (χ4n) is 4.46. The second-order valence-electron chi connectivity index (χ2n) is 7.26. The lowest BCUT2D eigenvalue weighted by Crippen LogP contribution is -2.38. The van der Waals surface area contributed by atoms with E-state index in [0.717, 1.165) is 24.1 Å². The lowest BCUT2D eigenvalue weighted by atomic mass is 9.81. The van der Waals surface area contributed by atoms with Gasteiger partial charge in [-0.2, -0.15) is 5.10 Å². The van der Waals surface area contributed by atoms with Crippen LogP contribution in [0.3, 0.4) is 0 Å². The van der Waals surface area contributed by atoms with E-state index in [1.54, 1.807) is 15.8 Å². The molecule has 2 fully saturated rings. The number of likely N-dealkylation sites (tertiary alicyclic amines) is 1. The number of amides is 2. The van der Waals surface area contributed by atoms with E-state index in [1.165, 1.54) is 0 Å². The number of urea groups is 1. The van der Waals surface area contributed by atoms with Crippen molar-refractivity contribution in [2.24, 2.45) is 18.4 Å². The molecule has 2 amide bonds. The Morgan fingerprint density at radius 1 is 1.31 bits per heavy atom. The van der Waals surface area contributed by atoms with Crippen molar-refractivity contribution in [1.82, 2.24) is 14.7 Å². The van der Waals surface area contributed by atoms with E-state index in [9.17, 15) is 14.7 Å². The minimum atomic E-state index is -0.776. The molecular weight excluding hydrogens is 332 g/mol. The largest absolute Gasteiger partial charge is 0.481 e. The Hall–Kier alpha value is -2.83. The van der Waals surface area contributed by atoms with Gasteiger partial charge in [0.15, 0.2) is 0 Å². The first-order chi connectivity index (χ1) is 12.5. The van der Waals surface area contributed by atoms with E-state index in [1.807, 2.05) is 37.4 Å². The summed E-state index contributed by atoms with van der Waals surface area (Å²) in [6.07, 6.45) is 4.08. The molecule has 1 aliphatic carbocycles. The van der Waals surface area contributed by atoms with Gasteiger partial charge in [-0.1, -0.05) is 36.8 Å². The number of fused-ring (bicyclic) bond motifs is 1. The Morgan fingerprint density at radius 3 is 2.77 bits per heavy atom. The predicted molar refractivity (Wildman–Crippen MR) is 96.6 cm³/mol. The Balaban J connectivity index is 1.55. The number of rotatable bonds is 3. The quantitative estimate of drug-likeness (QED) is 0.887. The van der Waals surface area contributed by atoms with Gasteiger partial charge >= 0.3 is 12.0 Å². The van der Waals surface area contributed by atoms with Gasteiger partial charge in [-0.25, -0.2) is 4.79 Å². The number of aryl methyl sites for hydroxylation is 1. The van der Waals surface area contributed by atoms with E-state index < -0.39 is 11.4 Å². The number of benzene rings is 1. The molecule has 1 aromatic heterocycles. The molecule has 7 heteroatoms. The second kappa shape index (κ2) is 6.16. The number of nitrogens with zero attached hydrogens (tertiary/aromatic N) is 3. The van der Waals surface area contributed by atoms with Gasteiger partial charge in [0.2, 0.25) is 0 Å². The van der Waals surface area contributed by atoms with Crippen molar-refractivity contribution in [3.63, 3.8) is 0 Å². The average molecular weight is 354 g/mol. The summed E-state index contributed by atoms with van der Waals surface area (Å²) in [6, 6.07) is 9.48. The fourth-order valence-corrected chi connectivity index (χ4v) is 4.46. The molecule has 2 aliphatic rings. The molecule has 2 aromatic rings. The molecule has 0 bridgehead atoms. The molecule has 0 radical (unpaired) electrons. The third-order valence-corrected chi connectivity index (χ3v) is 5.81. The van der Waals surface area contributed by atoms with Crippen molar-refractivity contribution in [1.29, 1.82) is 0 Å². The van der Waals surface area contributed by atoms with E-state index in [2.05, 4.69) is 10.4 Å². The van der Waals surface area contributed by atoms with Crippen LogP contribution >= 0.6 is 0 Å². The number of hydrogen-bond donors (Lipinski definition) is 2. The number of hydrogen-bond acceptors (Lipinski definition) is 3. The molecular formula is C19H22N4O3. The van der Waals surface area contributed by atoms with Crippen LogP contribution < -0.4 is 5.32 Å². The molecule has 4 rings (SSSR count). The monoisotopic (exact) mass is 354 g/mol. The van der Waals surface area contributed by atoms with Gasteiger partial charge in [-0.3, -0.25) is 9.48 Å². The molecule has 0 spiro atoms. The Morgan fingerprint density at radius 2 is 2.08 bits per heavy atom. The summed E-state index contributed by atoms with van der Waals surface area (Å²) in [5, 5.41) is 16.9. The SMILES string of the molecule is Cn1ncc(NC(=O)N2C[C@@H]3CCC[C@@]3(C(=O)O)C2)c1-c1ccccc1. The number of nitrogens with one attached hydrogen (secondary N) is 1. The van der Waals surface area contributed by atoms with Gasteiger partial charge in [-0.05, 0) is 18.8 Å². The first-order valence-corrected chi connectivity index (χ1v) is 8.88. The first kappa shape index (κ1) is 16.6. The molecule has 1 saturated carbocycles. The lowest BCUT2D eigenvalue weighted by molar-refractivity contribution is -0.149. The van der Waals surface area contributed by atoms with Crippen LogP contribution in [0, 0.1) is 11.3 Å². The summed E-state index contributed by atoms with van der Waals surface area (Å²) in [4.78, 5) is 26.2. The van der Waals surface area contributed by atoms with Crippen LogP contribution in [-0.2, 0) is 11.8 Å². The fraction of sp³-hybridized carbons (Fsp3) is 0.421. The third-order valence-electron chi connectivity index (χ3n) is 5.81. The summed E-state index contributed by atoms with van der Waals surface area (Å²) in [6.45, 7) is 0.777. The zero-order valence-corrected chi connectivity index (χ0v) is 14.7.